The Morgan fingerprint density at radius 2 is 1.92 bits per heavy atom. The molecule has 3 heterocycles. The van der Waals surface area contributed by atoms with E-state index in [9.17, 15) is 10.2 Å². The van der Waals surface area contributed by atoms with Gasteiger partial charge in [0, 0.05) is 5.41 Å². The van der Waals surface area contributed by atoms with Crippen LogP contribution in [0.25, 0.3) is 0 Å². The topological polar surface area (TPSA) is 58.9 Å². The van der Waals surface area contributed by atoms with Crippen LogP contribution in [0.1, 0.15) is 20.3 Å². The average Bonchev–Trinajstić information content (AvgIpc) is 2.68. The zero-order chi connectivity index (χ0) is 9.69. The van der Waals surface area contributed by atoms with E-state index >= 15 is 0 Å². The lowest BCUT2D eigenvalue weighted by molar-refractivity contribution is -0.248. The molecule has 3 aliphatic heterocycles. The van der Waals surface area contributed by atoms with Gasteiger partial charge in [0.25, 0.3) is 0 Å². The summed E-state index contributed by atoms with van der Waals surface area (Å²) in [4.78, 5) is 0. The largest absolute Gasteiger partial charge is 0.393 e. The van der Waals surface area contributed by atoms with Gasteiger partial charge in [-0.2, -0.15) is 0 Å². The fourth-order valence-electron chi connectivity index (χ4n) is 2.29. The van der Waals surface area contributed by atoms with Gasteiger partial charge in [-0.05, 0) is 6.42 Å². The van der Waals surface area contributed by atoms with Crippen LogP contribution in [0.2, 0.25) is 0 Å². The van der Waals surface area contributed by atoms with E-state index in [-0.39, 0.29) is 31.0 Å². The molecule has 0 aromatic heterocycles. The van der Waals surface area contributed by atoms with Crippen molar-refractivity contribution in [1.29, 1.82) is 0 Å². The number of fused-ring (bicyclic) bond motifs is 1. The van der Waals surface area contributed by atoms with E-state index in [0.717, 1.165) is 6.42 Å². The molecule has 4 heteroatoms. The standard InChI is InChI=1S/C9H16O4/c1-3-8(2)6-9(4-10,5-11)13-7(8)12-6/h6-7,10-11H,3-5H2,1-2H3. The molecule has 0 saturated carbocycles. The molecule has 3 unspecified atom stereocenters. The molecule has 76 valence electrons. The van der Waals surface area contributed by atoms with Crippen molar-refractivity contribution >= 4 is 0 Å². The second-order valence-electron chi connectivity index (χ2n) is 4.21. The minimum atomic E-state index is -0.866. The molecule has 2 N–H and O–H groups in total. The maximum absolute atomic E-state index is 9.18. The van der Waals surface area contributed by atoms with Crippen LogP contribution in [0.5, 0.6) is 0 Å². The Morgan fingerprint density at radius 1 is 1.31 bits per heavy atom. The van der Waals surface area contributed by atoms with E-state index in [1.807, 2.05) is 0 Å². The van der Waals surface area contributed by atoms with Gasteiger partial charge in [-0.3, -0.25) is 0 Å². The van der Waals surface area contributed by atoms with Crippen molar-refractivity contribution in [2.75, 3.05) is 13.2 Å². The highest BCUT2D eigenvalue weighted by atomic mass is 16.8. The number of hydrogen-bond donors (Lipinski definition) is 2. The van der Waals surface area contributed by atoms with Gasteiger partial charge in [0.2, 0.25) is 0 Å². The van der Waals surface area contributed by atoms with Gasteiger partial charge in [-0.15, -0.1) is 0 Å². The van der Waals surface area contributed by atoms with Gasteiger partial charge in [0.15, 0.2) is 6.29 Å². The van der Waals surface area contributed by atoms with Gasteiger partial charge >= 0.3 is 0 Å². The Hall–Kier alpha value is -0.160. The fourth-order valence-corrected chi connectivity index (χ4v) is 2.29. The first-order valence-electron chi connectivity index (χ1n) is 4.68. The van der Waals surface area contributed by atoms with Gasteiger partial charge < -0.3 is 19.7 Å². The molecule has 0 spiro atoms. The van der Waals surface area contributed by atoms with Crippen LogP contribution in [0.4, 0.5) is 0 Å². The molecule has 0 aromatic rings. The lowest BCUT2D eigenvalue weighted by atomic mass is 9.72. The molecule has 0 radical (unpaired) electrons. The van der Waals surface area contributed by atoms with Crippen LogP contribution < -0.4 is 0 Å². The monoisotopic (exact) mass is 188 g/mol. The molecular weight excluding hydrogens is 172 g/mol. The lowest BCUT2D eigenvalue weighted by Gasteiger charge is -2.45. The summed E-state index contributed by atoms with van der Waals surface area (Å²) in [5.41, 5.74) is -0.902. The Balaban J connectivity index is 2.22. The number of aliphatic hydroxyl groups excluding tert-OH is 2. The summed E-state index contributed by atoms with van der Waals surface area (Å²) in [5, 5.41) is 18.4. The molecule has 3 saturated heterocycles. The normalized spacial score (nSPS) is 46.2. The van der Waals surface area contributed by atoms with Gasteiger partial charge in [0.1, 0.15) is 11.7 Å². The van der Waals surface area contributed by atoms with Crippen LogP contribution in [-0.4, -0.2) is 41.4 Å². The maximum atomic E-state index is 9.18. The van der Waals surface area contributed by atoms with E-state index in [0.29, 0.717) is 0 Å². The highest BCUT2D eigenvalue weighted by Gasteiger charge is 2.70. The van der Waals surface area contributed by atoms with Crippen LogP contribution in [-0.2, 0) is 9.47 Å². The predicted molar refractivity (Wildman–Crippen MR) is 45.0 cm³/mol. The van der Waals surface area contributed by atoms with E-state index in [4.69, 9.17) is 9.47 Å². The number of aliphatic hydroxyl groups is 2. The summed E-state index contributed by atoms with van der Waals surface area (Å²) in [6.45, 7) is 3.77. The summed E-state index contributed by atoms with van der Waals surface area (Å²) in [7, 11) is 0. The lowest BCUT2D eigenvalue weighted by Crippen LogP contribution is -2.57. The molecule has 0 amide bonds. The first-order valence-corrected chi connectivity index (χ1v) is 4.68. The summed E-state index contributed by atoms with van der Waals surface area (Å²) in [6.07, 6.45) is 0.524. The van der Waals surface area contributed by atoms with Gasteiger partial charge in [-0.1, -0.05) is 13.8 Å². The second kappa shape index (κ2) is 2.67. The molecular formula is C9H16O4. The summed E-state index contributed by atoms with van der Waals surface area (Å²) in [6, 6.07) is 0. The molecule has 4 nitrogen and oxygen atoms in total. The van der Waals surface area contributed by atoms with Crippen molar-refractivity contribution in [2.24, 2.45) is 5.41 Å². The minimum absolute atomic E-state index is 0.0362. The third-order valence-electron chi connectivity index (χ3n) is 3.51. The summed E-state index contributed by atoms with van der Waals surface area (Å²) in [5.74, 6) is 0. The van der Waals surface area contributed by atoms with Crippen LogP contribution in [0.15, 0.2) is 0 Å². The number of hydrogen-bond acceptors (Lipinski definition) is 4. The average molecular weight is 188 g/mol. The predicted octanol–water partition coefficient (Wildman–Crippen LogP) is -0.119. The molecule has 3 aliphatic rings. The van der Waals surface area contributed by atoms with Crippen molar-refractivity contribution in [3.63, 3.8) is 0 Å². The molecule has 3 fully saturated rings. The molecule has 2 bridgehead atoms. The minimum Gasteiger partial charge on any atom is -0.393 e. The van der Waals surface area contributed by atoms with E-state index in [1.165, 1.54) is 0 Å². The van der Waals surface area contributed by atoms with Crippen LogP contribution in [0, 0.1) is 5.41 Å². The van der Waals surface area contributed by atoms with Crippen LogP contribution >= 0.6 is 0 Å². The van der Waals surface area contributed by atoms with Crippen molar-refractivity contribution in [3.8, 4) is 0 Å². The SMILES string of the molecule is CCC1(C)C2OC1C(CO)(CO)O2. The van der Waals surface area contributed by atoms with Crippen molar-refractivity contribution in [3.05, 3.63) is 0 Å². The molecule has 3 atom stereocenters. The molecule has 0 aromatic carbocycles. The van der Waals surface area contributed by atoms with E-state index in [1.54, 1.807) is 0 Å². The third-order valence-corrected chi connectivity index (χ3v) is 3.51. The number of ether oxygens (including phenoxy) is 2. The third kappa shape index (κ3) is 0.892. The van der Waals surface area contributed by atoms with Crippen molar-refractivity contribution in [1.82, 2.24) is 0 Å². The smallest absolute Gasteiger partial charge is 0.167 e. The zero-order valence-electron chi connectivity index (χ0n) is 7.99. The molecule has 0 aliphatic carbocycles. The van der Waals surface area contributed by atoms with E-state index in [2.05, 4.69) is 13.8 Å². The zero-order valence-corrected chi connectivity index (χ0v) is 7.99. The Morgan fingerprint density at radius 3 is 2.23 bits per heavy atom. The van der Waals surface area contributed by atoms with Crippen molar-refractivity contribution < 1.29 is 19.7 Å². The quantitative estimate of drug-likeness (QED) is 0.648. The van der Waals surface area contributed by atoms with E-state index < -0.39 is 5.60 Å². The number of rotatable bonds is 3. The van der Waals surface area contributed by atoms with Gasteiger partial charge in [-0.25, -0.2) is 0 Å². The fraction of sp³-hybridized carbons (Fsp3) is 1.00. The highest BCUT2D eigenvalue weighted by molar-refractivity contribution is 5.12. The Bertz CT molecular complexity index is 214. The maximum Gasteiger partial charge on any atom is 0.167 e. The van der Waals surface area contributed by atoms with Crippen molar-refractivity contribution in [2.45, 2.75) is 38.3 Å². The highest BCUT2D eigenvalue weighted by Crippen LogP contribution is 2.57. The summed E-state index contributed by atoms with van der Waals surface area (Å²) < 4.78 is 10.9. The molecule has 3 rings (SSSR count). The Kier molecular flexibility index (Phi) is 1.93. The second-order valence-corrected chi connectivity index (χ2v) is 4.21. The van der Waals surface area contributed by atoms with Crippen LogP contribution in [0.3, 0.4) is 0 Å². The first-order chi connectivity index (χ1) is 6.13. The first kappa shape index (κ1) is 9.40. The Labute approximate surface area is 77.5 Å². The summed E-state index contributed by atoms with van der Waals surface area (Å²) >= 11 is 0. The van der Waals surface area contributed by atoms with Gasteiger partial charge in [0.05, 0.1) is 13.2 Å². The molecule has 13 heavy (non-hydrogen) atoms.